The van der Waals surface area contributed by atoms with Crippen LogP contribution >= 0.6 is 0 Å². The van der Waals surface area contributed by atoms with Gasteiger partial charge in [0.1, 0.15) is 5.75 Å². The summed E-state index contributed by atoms with van der Waals surface area (Å²) in [6.07, 6.45) is 0. The maximum absolute atomic E-state index is 5.68. The highest BCUT2D eigenvalue weighted by Gasteiger charge is 2.30. The lowest BCUT2D eigenvalue weighted by atomic mass is 10.3. The fourth-order valence-corrected chi connectivity index (χ4v) is 1.59. The monoisotopic (exact) mass is 248 g/mol. The molecule has 1 rings (SSSR count). The third-order valence-corrected chi connectivity index (χ3v) is 2.24. The molecule has 0 fully saturated rings. The molecule has 0 saturated carbocycles. The van der Waals surface area contributed by atoms with Gasteiger partial charge < -0.3 is 14.2 Å². The van der Waals surface area contributed by atoms with E-state index in [-0.39, 0.29) is 6.61 Å². The van der Waals surface area contributed by atoms with Gasteiger partial charge in [-0.15, -0.1) is 5.92 Å². The van der Waals surface area contributed by atoms with E-state index in [9.17, 15) is 0 Å². The molecule has 3 nitrogen and oxygen atoms in total. The fourth-order valence-electron chi connectivity index (χ4n) is 1.59. The second-order valence-corrected chi connectivity index (χ2v) is 3.60. The zero-order valence-electron chi connectivity index (χ0n) is 11.2. The highest BCUT2D eigenvalue weighted by atomic mass is 16.7. The van der Waals surface area contributed by atoms with E-state index in [0.29, 0.717) is 13.2 Å². The van der Waals surface area contributed by atoms with Crippen LogP contribution in [0.25, 0.3) is 0 Å². The largest absolute Gasteiger partial charge is 0.487 e. The summed E-state index contributed by atoms with van der Waals surface area (Å²) in [7, 11) is 0. The average Bonchev–Trinajstić information content (AvgIpc) is 2.39. The number of benzene rings is 1. The van der Waals surface area contributed by atoms with Crippen LogP contribution in [0.3, 0.4) is 0 Å². The van der Waals surface area contributed by atoms with Crippen LogP contribution in [0.5, 0.6) is 5.75 Å². The Morgan fingerprint density at radius 2 is 1.67 bits per heavy atom. The van der Waals surface area contributed by atoms with Crippen LogP contribution < -0.4 is 4.74 Å². The molecule has 0 bridgehead atoms. The summed E-state index contributed by atoms with van der Waals surface area (Å²) < 4.78 is 16.9. The Kier molecular flexibility index (Phi) is 6.27. The predicted octanol–water partition coefficient (Wildman–Crippen LogP) is 2.86. The van der Waals surface area contributed by atoms with Crippen molar-refractivity contribution < 1.29 is 14.2 Å². The van der Waals surface area contributed by atoms with Gasteiger partial charge in [0.05, 0.1) is 0 Å². The molecule has 0 amide bonds. The van der Waals surface area contributed by atoms with Crippen molar-refractivity contribution in [2.45, 2.75) is 26.6 Å². The minimum absolute atomic E-state index is 0.250. The summed E-state index contributed by atoms with van der Waals surface area (Å²) in [6.45, 7) is 6.87. The van der Waals surface area contributed by atoms with E-state index < -0.39 is 5.79 Å². The Morgan fingerprint density at radius 1 is 1.06 bits per heavy atom. The minimum Gasteiger partial charge on any atom is -0.487 e. The standard InChI is InChI=1S/C15H20O3/c1-4-12-15(17-5-2,18-6-3)13-16-14-10-8-7-9-11-14/h7-11H,5-6,13H2,1-3H3. The van der Waals surface area contributed by atoms with Gasteiger partial charge in [-0.25, -0.2) is 0 Å². The zero-order chi connectivity index (χ0) is 13.3. The van der Waals surface area contributed by atoms with Crippen LogP contribution in [0.15, 0.2) is 30.3 Å². The first-order valence-corrected chi connectivity index (χ1v) is 6.16. The Hall–Kier alpha value is -1.50. The van der Waals surface area contributed by atoms with Gasteiger partial charge >= 0.3 is 0 Å². The van der Waals surface area contributed by atoms with Crippen LogP contribution in [0.2, 0.25) is 0 Å². The summed E-state index contributed by atoms with van der Waals surface area (Å²) >= 11 is 0. The quantitative estimate of drug-likeness (QED) is 0.548. The van der Waals surface area contributed by atoms with Crippen LogP contribution in [0, 0.1) is 11.8 Å². The van der Waals surface area contributed by atoms with Gasteiger partial charge in [-0.3, -0.25) is 0 Å². The molecule has 0 heterocycles. The van der Waals surface area contributed by atoms with Crippen LogP contribution in [-0.4, -0.2) is 25.6 Å². The Labute approximate surface area is 109 Å². The summed E-state index contributed by atoms with van der Waals surface area (Å²) in [6, 6.07) is 9.56. The molecule has 0 saturated heterocycles. The van der Waals surface area contributed by atoms with E-state index >= 15 is 0 Å². The maximum Gasteiger partial charge on any atom is 0.269 e. The van der Waals surface area contributed by atoms with Crippen molar-refractivity contribution in [3.63, 3.8) is 0 Å². The molecule has 0 N–H and O–H groups in total. The second kappa shape index (κ2) is 7.75. The lowest BCUT2D eigenvalue weighted by Gasteiger charge is -2.27. The van der Waals surface area contributed by atoms with Crippen LogP contribution in [0.4, 0.5) is 0 Å². The van der Waals surface area contributed by atoms with Crippen molar-refractivity contribution in [3.05, 3.63) is 30.3 Å². The summed E-state index contributed by atoms with van der Waals surface area (Å²) in [5.74, 6) is 5.58. The number of rotatable bonds is 7. The number of para-hydroxylation sites is 1. The molecule has 0 radical (unpaired) electrons. The molecule has 1 aromatic rings. The van der Waals surface area contributed by atoms with E-state index in [2.05, 4.69) is 11.8 Å². The van der Waals surface area contributed by atoms with Gasteiger partial charge in [0.2, 0.25) is 0 Å². The molecule has 0 spiro atoms. The third-order valence-electron chi connectivity index (χ3n) is 2.24. The molecular formula is C15H20O3. The Morgan fingerprint density at radius 3 is 2.17 bits per heavy atom. The lowest BCUT2D eigenvalue weighted by molar-refractivity contribution is -0.207. The van der Waals surface area contributed by atoms with Gasteiger partial charge in [0.25, 0.3) is 5.79 Å². The molecule has 0 aromatic heterocycles. The molecule has 0 aliphatic heterocycles. The van der Waals surface area contributed by atoms with Crippen LogP contribution in [-0.2, 0) is 9.47 Å². The molecule has 0 unspecified atom stereocenters. The van der Waals surface area contributed by atoms with Gasteiger partial charge in [-0.2, -0.15) is 0 Å². The van der Waals surface area contributed by atoms with Crippen molar-refractivity contribution in [2.24, 2.45) is 0 Å². The average molecular weight is 248 g/mol. The molecule has 0 aliphatic rings. The smallest absolute Gasteiger partial charge is 0.269 e. The molecule has 0 atom stereocenters. The van der Waals surface area contributed by atoms with Crippen LogP contribution in [0.1, 0.15) is 20.8 Å². The Balaban J connectivity index is 2.73. The molecular weight excluding hydrogens is 228 g/mol. The topological polar surface area (TPSA) is 27.7 Å². The summed E-state index contributed by atoms with van der Waals surface area (Å²) in [5, 5.41) is 0. The van der Waals surface area contributed by atoms with E-state index in [1.54, 1.807) is 6.92 Å². The first-order chi connectivity index (χ1) is 8.76. The number of ether oxygens (including phenoxy) is 3. The third kappa shape index (κ3) is 4.40. The van der Waals surface area contributed by atoms with Gasteiger partial charge in [-0.1, -0.05) is 18.2 Å². The molecule has 18 heavy (non-hydrogen) atoms. The SMILES string of the molecule is CC#CC(COc1ccccc1)(OCC)OCC. The number of hydrogen-bond acceptors (Lipinski definition) is 3. The highest BCUT2D eigenvalue weighted by Crippen LogP contribution is 2.16. The molecule has 3 heteroatoms. The zero-order valence-corrected chi connectivity index (χ0v) is 11.2. The van der Waals surface area contributed by atoms with Gasteiger partial charge in [-0.05, 0) is 38.8 Å². The second-order valence-electron chi connectivity index (χ2n) is 3.60. The van der Waals surface area contributed by atoms with E-state index in [1.165, 1.54) is 0 Å². The van der Waals surface area contributed by atoms with E-state index in [0.717, 1.165) is 5.75 Å². The van der Waals surface area contributed by atoms with Crippen molar-refractivity contribution in [3.8, 4) is 17.6 Å². The van der Waals surface area contributed by atoms with Crippen molar-refractivity contribution in [1.29, 1.82) is 0 Å². The maximum atomic E-state index is 5.68. The molecule has 1 aromatic carbocycles. The van der Waals surface area contributed by atoms with Crippen molar-refractivity contribution in [2.75, 3.05) is 19.8 Å². The van der Waals surface area contributed by atoms with E-state index in [4.69, 9.17) is 14.2 Å². The highest BCUT2D eigenvalue weighted by molar-refractivity contribution is 5.21. The first kappa shape index (κ1) is 14.6. The molecule has 0 aliphatic carbocycles. The van der Waals surface area contributed by atoms with Crippen molar-refractivity contribution >= 4 is 0 Å². The number of hydrogen-bond donors (Lipinski definition) is 0. The summed E-state index contributed by atoms with van der Waals surface area (Å²) in [4.78, 5) is 0. The van der Waals surface area contributed by atoms with E-state index in [1.807, 2.05) is 44.2 Å². The summed E-state index contributed by atoms with van der Waals surface area (Å²) in [5.41, 5.74) is 0. The molecule has 98 valence electrons. The first-order valence-electron chi connectivity index (χ1n) is 6.16. The fraction of sp³-hybridized carbons (Fsp3) is 0.467. The lowest BCUT2D eigenvalue weighted by Crippen LogP contribution is -2.41. The van der Waals surface area contributed by atoms with Crippen molar-refractivity contribution in [1.82, 2.24) is 0 Å². The predicted molar refractivity (Wildman–Crippen MR) is 71.4 cm³/mol. The normalized spacial score (nSPS) is 10.6. The van der Waals surface area contributed by atoms with Gasteiger partial charge in [0.15, 0.2) is 6.61 Å². The minimum atomic E-state index is -0.978. The van der Waals surface area contributed by atoms with Gasteiger partial charge in [0, 0.05) is 13.2 Å². The Bertz CT molecular complexity index is 383.